The second-order valence-electron chi connectivity index (χ2n) is 6.15. The fourth-order valence-corrected chi connectivity index (χ4v) is 2.89. The summed E-state index contributed by atoms with van der Waals surface area (Å²) in [6, 6.07) is 17.6. The van der Waals surface area contributed by atoms with Gasteiger partial charge in [-0.25, -0.2) is 8.78 Å². The third kappa shape index (κ3) is 5.39. The van der Waals surface area contributed by atoms with Gasteiger partial charge in [0.05, 0.1) is 6.42 Å². The second kappa shape index (κ2) is 9.30. The van der Waals surface area contributed by atoms with E-state index in [9.17, 15) is 18.4 Å². The molecular formula is C22H16ClF2NO3. The van der Waals surface area contributed by atoms with Gasteiger partial charge in [0.2, 0.25) is 6.10 Å². The number of amides is 1. The molecule has 0 aliphatic carbocycles. The zero-order chi connectivity index (χ0) is 20.8. The van der Waals surface area contributed by atoms with Crippen LogP contribution in [-0.2, 0) is 20.7 Å². The summed E-state index contributed by atoms with van der Waals surface area (Å²) in [6.07, 6.45) is -1.71. The molecule has 0 aromatic heterocycles. The number of esters is 1. The summed E-state index contributed by atoms with van der Waals surface area (Å²) in [5, 5.41) is 2.67. The number of carbonyl (C=O) groups excluding carboxylic acids is 2. The highest BCUT2D eigenvalue weighted by molar-refractivity contribution is 6.31. The average Bonchev–Trinajstić information content (AvgIpc) is 2.71. The highest BCUT2D eigenvalue weighted by Crippen LogP contribution is 2.24. The zero-order valence-corrected chi connectivity index (χ0v) is 15.8. The van der Waals surface area contributed by atoms with Crippen LogP contribution in [0.15, 0.2) is 72.8 Å². The lowest BCUT2D eigenvalue weighted by molar-refractivity contribution is -0.154. The SMILES string of the molecule is O=C(Cc1c(F)cccc1Cl)O[C@H](C(=O)Nc1ccc(F)cc1)c1ccccc1. The van der Waals surface area contributed by atoms with E-state index in [1.807, 2.05) is 0 Å². The highest BCUT2D eigenvalue weighted by atomic mass is 35.5. The van der Waals surface area contributed by atoms with Crippen molar-refractivity contribution in [3.05, 3.63) is 101 Å². The van der Waals surface area contributed by atoms with E-state index < -0.39 is 36.0 Å². The molecule has 1 atom stereocenters. The highest BCUT2D eigenvalue weighted by Gasteiger charge is 2.26. The smallest absolute Gasteiger partial charge is 0.311 e. The van der Waals surface area contributed by atoms with Crippen molar-refractivity contribution in [1.82, 2.24) is 0 Å². The van der Waals surface area contributed by atoms with Crippen LogP contribution in [0.4, 0.5) is 14.5 Å². The van der Waals surface area contributed by atoms with Crippen LogP contribution in [-0.4, -0.2) is 11.9 Å². The van der Waals surface area contributed by atoms with Gasteiger partial charge in [-0.3, -0.25) is 9.59 Å². The third-order valence-electron chi connectivity index (χ3n) is 4.08. The van der Waals surface area contributed by atoms with Crippen LogP contribution >= 0.6 is 11.6 Å². The Balaban J connectivity index is 1.79. The van der Waals surface area contributed by atoms with Gasteiger partial charge in [-0.05, 0) is 36.4 Å². The van der Waals surface area contributed by atoms with Crippen molar-refractivity contribution in [2.45, 2.75) is 12.5 Å². The first-order valence-electron chi connectivity index (χ1n) is 8.68. The fourth-order valence-electron chi connectivity index (χ4n) is 2.66. The van der Waals surface area contributed by atoms with E-state index in [2.05, 4.69) is 5.32 Å². The number of carbonyl (C=O) groups is 2. The molecule has 3 aromatic carbocycles. The maximum Gasteiger partial charge on any atom is 0.311 e. The van der Waals surface area contributed by atoms with Gasteiger partial charge < -0.3 is 10.1 Å². The Kier molecular flexibility index (Phi) is 6.57. The van der Waals surface area contributed by atoms with Crippen LogP contribution in [0, 0.1) is 11.6 Å². The zero-order valence-electron chi connectivity index (χ0n) is 15.1. The van der Waals surface area contributed by atoms with Crippen molar-refractivity contribution in [3.63, 3.8) is 0 Å². The van der Waals surface area contributed by atoms with Gasteiger partial charge in [0, 0.05) is 21.8 Å². The fraction of sp³-hybridized carbons (Fsp3) is 0.0909. The number of nitrogens with one attached hydrogen (secondary N) is 1. The molecular weight excluding hydrogens is 400 g/mol. The first-order valence-corrected chi connectivity index (χ1v) is 9.05. The van der Waals surface area contributed by atoms with Crippen molar-refractivity contribution in [1.29, 1.82) is 0 Å². The molecule has 0 saturated heterocycles. The molecule has 1 amide bonds. The number of rotatable bonds is 6. The molecule has 0 heterocycles. The molecule has 3 aromatic rings. The van der Waals surface area contributed by atoms with Gasteiger partial charge >= 0.3 is 5.97 Å². The minimum absolute atomic E-state index is 0.00933. The molecule has 3 rings (SSSR count). The first-order chi connectivity index (χ1) is 13.9. The van der Waals surface area contributed by atoms with Crippen LogP contribution in [0.2, 0.25) is 5.02 Å². The lowest BCUT2D eigenvalue weighted by atomic mass is 10.1. The van der Waals surface area contributed by atoms with Gasteiger partial charge in [-0.2, -0.15) is 0 Å². The van der Waals surface area contributed by atoms with Crippen LogP contribution in [0.25, 0.3) is 0 Å². The van der Waals surface area contributed by atoms with Crippen molar-refractivity contribution >= 4 is 29.2 Å². The van der Waals surface area contributed by atoms with Crippen LogP contribution in [0.1, 0.15) is 17.2 Å². The van der Waals surface area contributed by atoms with Crippen molar-refractivity contribution in [3.8, 4) is 0 Å². The molecule has 0 unspecified atom stereocenters. The molecule has 148 valence electrons. The molecule has 0 fully saturated rings. The predicted molar refractivity (Wildman–Crippen MR) is 105 cm³/mol. The van der Waals surface area contributed by atoms with E-state index in [-0.39, 0.29) is 10.6 Å². The summed E-state index contributed by atoms with van der Waals surface area (Å²) in [6.45, 7) is 0. The largest absolute Gasteiger partial charge is 0.447 e. The summed E-state index contributed by atoms with van der Waals surface area (Å²) < 4.78 is 32.4. The Hall–Kier alpha value is -3.25. The molecule has 29 heavy (non-hydrogen) atoms. The summed E-state index contributed by atoms with van der Waals surface area (Å²) in [5.74, 6) is -2.53. The Morgan fingerprint density at radius 1 is 0.931 bits per heavy atom. The maximum absolute atomic E-state index is 13.9. The topological polar surface area (TPSA) is 55.4 Å². The number of halogens is 3. The van der Waals surface area contributed by atoms with Gasteiger partial charge in [0.25, 0.3) is 5.91 Å². The molecule has 0 radical (unpaired) electrons. The van der Waals surface area contributed by atoms with Crippen LogP contribution in [0.3, 0.4) is 0 Å². The summed E-state index contributed by atoms with van der Waals surface area (Å²) in [7, 11) is 0. The van der Waals surface area contributed by atoms with Gasteiger partial charge in [-0.15, -0.1) is 0 Å². The molecule has 0 saturated carbocycles. The summed E-state index contributed by atoms with van der Waals surface area (Å²) in [4.78, 5) is 25.2. The molecule has 0 bridgehead atoms. The maximum atomic E-state index is 13.9. The Morgan fingerprint density at radius 3 is 2.28 bits per heavy atom. The average molecular weight is 416 g/mol. The molecule has 0 aliphatic rings. The molecule has 1 N–H and O–H groups in total. The molecule has 0 spiro atoms. The van der Waals surface area contributed by atoms with E-state index in [0.29, 0.717) is 11.3 Å². The van der Waals surface area contributed by atoms with Gasteiger partial charge in [0.15, 0.2) is 0 Å². The first kappa shape index (κ1) is 20.5. The number of anilines is 1. The number of ether oxygens (including phenoxy) is 1. The third-order valence-corrected chi connectivity index (χ3v) is 4.44. The van der Waals surface area contributed by atoms with Crippen molar-refractivity contribution in [2.24, 2.45) is 0 Å². The van der Waals surface area contributed by atoms with Crippen LogP contribution in [0.5, 0.6) is 0 Å². The van der Waals surface area contributed by atoms with Crippen molar-refractivity contribution < 1.29 is 23.1 Å². The molecule has 0 aliphatic heterocycles. The minimum atomic E-state index is -1.28. The van der Waals surface area contributed by atoms with Crippen LogP contribution < -0.4 is 5.32 Å². The van der Waals surface area contributed by atoms with E-state index in [1.165, 1.54) is 42.5 Å². The standard InChI is InChI=1S/C22H16ClF2NO3/c23-18-7-4-8-19(25)17(18)13-20(27)29-21(14-5-2-1-3-6-14)22(28)26-16-11-9-15(24)10-12-16/h1-12,21H,13H2,(H,26,28)/t21-/m0/s1. The lowest BCUT2D eigenvalue weighted by Gasteiger charge is -2.18. The van der Waals surface area contributed by atoms with Crippen molar-refractivity contribution in [2.75, 3.05) is 5.32 Å². The Bertz CT molecular complexity index is 990. The minimum Gasteiger partial charge on any atom is -0.447 e. The number of hydrogen-bond acceptors (Lipinski definition) is 3. The number of hydrogen-bond donors (Lipinski definition) is 1. The summed E-state index contributed by atoms with van der Waals surface area (Å²) >= 11 is 5.95. The Morgan fingerprint density at radius 2 is 1.62 bits per heavy atom. The second-order valence-corrected chi connectivity index (χ2v) is 6.56. The molecule has 7 heteroatoms. The van der Waals surface area contributed by atoms with E-state index in [4.69, 9.17) is 16.3 Å². The number of benzene rings is 3. The lowest BCUT2D eigenvalue weighted by Crippen LogP contribution is -2.26. The quantitative estimate of drug-likeness (QED) is 0.571. The predicted octanol–water partition coefficient (Wildman–Crippen LogP) is 5.08. The molecule has 4 nitrogen and oxygen atoms in total. The summed E-state index contributed by atoms with van der Waals surface area (Å²) in [5.41, 5.74) is 0.760. The monoisotopic (exact) mass is 415 g/mol. The van der Waals surface area contributed by atoms with E-state index >= 15 is 0 Å². The van der Waals surface area contributed by atoms with Gasteiger partial charge in [-0.1, -0.05) is 48.0 Å². The van der Waals surface area contributed by atoms with E-state index in [1.54, 1.807) is 30.3 Å². The normalized spacial score (nSPS) is 11.6. The van der Waals surface area contributed by atoms with Gasteiger partial charge in [0.1, 0.15) is 11.6 Å². The Labute approximate surface area is 171 Å². The van der Waals surface area contributed by atoms with E-state index in [0.717, 1.165) is 0 Å².